The zero-order valence-electron chi connectivity index (χ0n) is 20.6. The molecule has 0 bridgehead atoms. The van der Waals surface area contributed by atoms with E-state index < -0.39 is 11.9 Å². The molecule has 0 heterocycles. The maximum Gasteiger partial charge on any atom is 0.338 e. The van der Waals surface area contributed by atoms with Crippen molar-refractivity contribution in [3.05, 3.63) is 47.5 Å². The Morgan fingerprint density at radius 2 is 1.34 bits per heavy atom. The number of esters is 2. The minimum atomic E-state index is -0.407. The molecule has 0 saturated heterocycles. The van der Waals surface area contributed by atoms with E-state index in [0.717, 1.165) is 19.3 Å². The number of carbonyl (C=O) groups excluding carboxylic acids is 2. The van der Waals surface area contributed by atoms with E-state index in [-0.39, 0.29) is 0 Å². The van der Waals surface area contributed by atoms with Gasteiger partial charge in [0.2, 0.25) is 0 Å². The van der Waals surface area contributed by atoms with Crippen LogP contribution >= 0.6 is 0 Å². The molecule has 4 nitrogen and oxygen atoms in total. The molecule has 0 aliphatic rings. The summed E-state index contributed by atoms with van der Waals surface area (Å²) in [6.45, 7) is 7.28. The number of benzene rings is 1. The van der Waals surface area contributed by atoms with Gasteiger partial charge in [0.15, 0.2) is 0 Å². The summed E-state index contributed by atoms with van der Waals surface area (Å²) < 4.78 is 10.6. The van der Waals surface area contributed by atoms with Crippen LogP contribution in [0.2, 0.25) is 0 Å². The predicted molar refractivity (Wildman–Crippen MR) is 132 cm³/mol. The molecule has 32 heavy (non-hydrogen) atoms. The average molecular weight is 445 g/mol. The number of hydrogen-bond acceptors (Lipinski definition) is 4. The second kappa shape index (κ2) is 18.5. The van der Waals surface area contributed by atoms with E-state index in [1.165, 1.54) is 51.4 Å². The van der Waals surface area contributed by atoms with Crippen molar-refractivity contribution in [3.8, 4) is 0 Å². The Kier molecular flexibility index (Phi) is 16.1. The quantitative estimate of drug-likeness (QED) is 0.131. The number of allylic oxidation sites excluding steroid dienone is 1. The van der Waals surface area contributed by atoms with Gasteiger partial charge < -0.3 is 9.47 Å². The first kappa shape index (κ1) is 27.9. The summed E-state index contributed by atoms with van der Waals surface area (Å²) in [5.74, 6) is -0.213. The van der Waals surface area contributed by atoms with Gasteiger partial charge in [-0.3, -0.25) is 0 Å². The molecule has 0 unspecified atom stereocenters. The maximum absolute atomic E-state index is 12.3. The molecular formula is C28H44O4. The molecular weight excluding hydrogens is 400 g/mol. The van der Waals surface area contributed by atoms with E-state index in [1.54, 1.807) is 24.3 Å². The second-order valence-corrected chi connectivity index (χ2v) is 8.91. The lowest BCUT2D eigenvalue weighted by molar-refractivity contribution is 0.0494. The summed E-state index contributed by atoms with van der Waals surface area (Å²) in [5, 5.41) is 0. The molecule has 1 aromatic carbocycles. The van der Waals surface area contributed by atoms with Crippen molar-refractivity contribution >= 4 is 11.9 Å². The van der Waals surface area contributed by atoms with Crippen molar-refractivity contribution < 1.29 is 19.1 Å². The molecule has 1 rings (SSSR count). The monoisotopic (exact) mass is 444 g/mol. The third-order valence-corrected chi connectivity index (χ3v) is 5.40. The van der Waals surface area contributed by atoms with Crippen LogP contribution in [0.5, 0.6) is 0 Å². The van der Waals surface area contributed by atoms with Gasteiger partial charge in [-0.05, 0) is 56.2 Å². The third-order valence-electron chi connectivity index (χ3n) is 5.40. The lowest BCUT2D eigenvalue weighted by atomic mass is 10.1. The van der Waals surface area contributed by atoms with Gasteiger partial charge in [-0.15, -0.1) is 0 Å². The number of hydrogen-bond donors (Lipinski definition) is 0. The molecule has 1 aromatic rings. The summed E-state index contributed by atoms with van der Waals surface area (Å²) in [4.78, 5) is 24.4. The predicted octanol–water partition coefficient (Wildman–Crippen LogP) is 7.91. The van der Waals surface area contributed by atoms with Crippen LogP contribution in [-0.2, 0) is 9.47 Å². The van der Waals surface area contributed by atoms with Crippen molar-refractivity contribution in [2.24, 2.45) is 5.92 Å². The van der Waals surface area contributed by atoms with E-state index in [2.05, 4.69) is 32.9 Å². The Morgan fingerprint density at radius 3 is 1.97 bits per heavy atom. The van der Waals surface area contributed by atoms with Crippen LogP contribution in [0.1, 0.15) is 119 Å². The van der Waals surface area contributed by atoms with Crippen molar-refractivity contribution in [3.63, 3.8) is 0 Å². The van der Waals surface area contributed by atoms with Gasteiger partial charge in [-0.1, -0.05) is 83.9 Å². The SMILES string of the molecule is CCCCCCCCCC/C=C\CCOC(=O)c1cccc(C(=O)OCCCC(C)C)c1. The van der Waals surface area contributed by atoms with Crippen LogP contribution in [-0.4, -0.2) is 25.2 Å². The first-order valence-corrected chi connectivity index (χ1v) is 12.6. The molecule has 0 fully saturated rings. The standard InChI is InChI=1S/C28H44O4/c1-4-5-6-7-8-9-10-11-12-13-14-15-21-31-27(29)25-19-16-20-26(23-25)28(30)32-22-17-18-24(2)3/h13-14,16,19-20,23-24H,4-12,15,17-18,21-22H2,1-3H3/b14-13-. The smallest absolute Gasteiger partial charge is 0.338 e. The number of unbranched alkanes of at least 4 members (excludes halogenated alkanes) is 8. The highest BCUT2D eigenvalue weighted by atomic mass is 16.5. The van der Waals surface area contributed by atoms with Crippen molar-refractivity contribution in [1.82, 2.24) is 0 Å². The fourth-order valence-corrected chi connectivity index (χ4v) is 3.45. The highest BCUT2D eigenvalue weighted by Gasteiger charge is 2.12. The molecule has 0 radical (unpaired) electrons. The Labute approximate surface area is 195 Å². The fourth-order valence-electron chi connectivity index (χ4n) is 3.45. The normalized spacial score (nSPS) is 11.2. The Hall–Kier alpha value is -2.10. The van der Waals surface area contributed by atoms with Crippen LogP contribution in [0.3, 0.4) is 0 Å². The largest absolute Gasteiger partial charge is 0.462 e. The lowest BCUT2D eigenvalue weighted by Gasteiger charge is -2.08. The Balaban J connectivity index is 2.18. The maximum atomic E-state index is 12.3. The Morgan fingerprint density at radius 1 is 0.781 bits per heavy atom. The zero-order chi connectivity index (χ0) is 23.4. The van der Waals surface area contributed by atoms with Gasteiger partial charge in [-0.2, -0.15) is 0 Å². The summed E-state index contributed by atoms with van der Waals surface area (Å²) >= 11 is 0. The molecule has 0 aliphatic carbocycles. The van der Waals surface area contributed by atoms with E-state index >= 15 is 0 Å². The third kappa shape index (κ3) is 14.1. The molecule has 0 aliphatic heterocycles. The topological polar surface area (TPSA) is 52.6 Å². The molecule has 180 valence electrons. The summed E-state index contributed by atoms with van der Waals surface area (Å²) in [6, 6.07) is 6.56. The average Bonchev–Trinajstić information content (AvgIpc) is 2.79. The lowest BCUT2D eigenvalue weighted by Crippen LogP contribution is -2.10. The van der Waals surface area contributed by atoms with Crippen LogP contribution in [0.25, 0.3) is 0 Å². The highest BCUT2D eigenvalue weighted by Crippen LogP contribution is 2.11. The molecule has 0 aromatic heterocycles. The van der Waals surface area contributed by atoms with Crippen LogP contribution in [0.15, 0.2) is 36.4 Å². The molecule has 4 heteroatoms. The number of rotatable bonds is 18. The number of carbonyl (C=O) groups is 2. The first-order valence-electron chi connectivity index (χ1n) is 12.6. The van der Waals surface area contributed by atoms with Gasteiger partial charge >= 0.3 is 11.9 Å². The summed E-state index contributed by atoms with van der Waals surface area (Å²) in [5.41, 5.74) is 0.763. The fraction of sp³-hybridized carbons (Fsp3) is 0.643. The molecule has 0 N–H and O–H groups in total. The zero-order valence-corrected chi connectivity index (χ0v) is 20.6. The van der Waals surface area contributed by atoms with E-state index in [9.17, 15) is 9.59 Å². The summed E-state index contributed by atoms with van der Waals surface area (Å²) in [7, 11) is 0. The molecule has 0 amide bonds. The highest BCUT2D eigenvalue weighted by molar-refractivity contribution is 5.95. The van der Waals surface area contributed by atoms with E-state index in [0.29, 0.717) is 36.7 Å². The second-order valence-electron chi connectivity index (χ2n) is 8.91. The Bertz CT molecular complexity index is 663. The van der Waals surface area contributed by atoms with Gasteiger partial charge in [0.1, 0.15) is 0 Å². The van der Waals surface area contributed by atoms with Crippen LogP contribution in [0, 0.1) is 5.92 Å². The minimum Gasteiger partial charge on any atom is -0.462 e. The summed E-state index contributed by atoms with van der Waals surface area (Å²) in [6.07, 6.45) is 18.6. The molecule has 0 atom stereocenters. The van der Waals surface area contributed by atoms with E-state index in [4.69, 9.17) is 9.47 Å². The number of ether oxygens (including phenoxy) is 2. The van der Waals surface area contributed by atoms with Crippen molar-refractivity contribution in [2.45, 2.75) is 97.8 Å². The van der Waals surface area contributed by atoms with Gasteiger partial charge in [-0.25, -0.2) is 9.59 Å². The van der Waals surface area contributed by atoms with E-state index in [1.807, 2.05) is 0 Å². The van der Waals surface area contributed by atoms with Gasteiger partial charge in [0.25, 0.3) is 0 Å². The van der Waals surface area contributed by atoms with Crippen molar-refractivity contribution in [1.29, 1.82) is 0 Å². The van der Waals surface area contributed by atoms with Gasteiger partial charge in [0, 0.05) is 0 Å². The molecule has 0 saturated carbocycles. The first-order chi connectivity index (χ1) is 15.5. The minimum absolute atomic E-state index is 0.344. The molecule has 0 spiro atoms. The van der Waals surface area contributed by atoms with Gasteiger partial charge in [0.05, 0.1) is 24.3 Å². The van der Waals surface area contributed by atoms with Crippen molar-refractivity contribution in [2.75, 3.05) is 13.2 Å². The van der Waals surface area contributed by atoms with Crippen LogP contribution in [0.4, 0.5) is 0 Å². The van der Waals surface area contributed by atoms with Crippen LogP contribution < -0.4 is 0 Å².